The van der Waals surface area contributed by atoms with E-state index in [1.54, 1.807) is 22.0 Å². The molecular formula is C46H56N12O3. The van der Waals surface area contributed by atoms with E-state index in [0.717, 1.165) is 86.1 Å². The van der Waals surface area contributed by atoms with Gasteiger partial charge >= 0.3 is 6.03 Å². The Kier molecular flexibility index (Phi) is 12.4. The Bertz CT molecular complexity index is 2320. The van der Waals surface area contributed by atoms with Crippen molar-refractivity contribution in [3.8, 4) is 11.3 Å². The first kappa shape index (κ1) is 41.5. The van der Waals surface area contributed by atoms with Crippen molar-refractivity contribution in [2.45, 2.75) is 65.6 Å². The molecule has 61 heavy (non-hydrogen) atoms. The van der Waals surface area contributed by atoms with Crippen LogP contribution < -0.4 is 25.8 Å². The van der Waals surface area contributed by atoms with Crippen LogP contribution in [0.25, 0.3) is 11.3 Å². The van der Waals surface area contributed by atoms with E-state index in [0.29, 0.717) is 37.1 Å². The maximum atomic E-state index is 12.7. The van der Waals surface area contributed by atoms with E-state index in [9.17, 15) is 14.4 Å². The average Bonchev–Trinajstić information content (AvgIpc) is 3.77. The molecule has 3 N–H and O–H groups in total. The second-order valence-corrected chi connectivity index (χ2v) is 17.4. The van der Waals surface area contributed by atoms with Crippen molar-refractivity contribution >= 4 is 40.9 Å². The summed E-state index contributed by atoms with van der Waals surface area (Å²) >= 11 is 0. The molecule has 3 aromatic carbocycles. The number of benzene rings is 3. The first-order valence-corrected chi connectivity index (χ1v) is 21.3. The second kappa shape index (κ2) is 18.2. The molecule has 3 aliphatic rings. The Morgan fingerprint density at radius 3 is 2.26 bits per heavy atom. The highest BCUT2D eigenvalue weighted by Gasteiger charge is 2.27. The molecule has 15 nitrogen and oxygen atoms in total. The second-order valence-electron chi connectivity index (χ2n) is 17.4. The largest absolute Gasteiger partial charge is 0.372 e. The molecule has 0 radical (unpaired) electrons. The molecule has 0 unspecified atom stereocenters. The zero-order valence-electron chi connectivity index (χ0n) is 35.6. The molecule has 15 heteroatoms. The van der Waals surface area contributed by atoms with Crippen molar-refractivity contribution in [2.24, 2.45) is 5.92 Å². The molecule has 318 valence electrons. The molecular weight excluding hydrogens is 769 g/mol. The number of imide groups is 1. The van der Waals surface area contributed by atoms with Crippen LogP contribution in [0.4, 0.5) is 27.8 Å². The van der Waals surface area contributed by atoms with Gasteiger partial charge in [-0.1, -0.05) is 29.5 Å². The van der Waals surface area contributed by atoms with Crippen molar-refractivity contribution < 1.29 is 14.4 Å². The van der Waals surface area contributed by atoms with E-state index in [2.05, 4.69) is 88.4 Å². The monoisotopic (exact) mass is 824 g/mol. The number of hydrogen-bond donors (Lipinski definition) is 3. The lowest BCUT2D eigenvalue weighted by Crippen LogP contribution is -2.49. The lowest BCUT2D eigenvalue weighted by molar-refractivity contribution is -0.120. The fraction of sp³-hybridized carbons (Fsp3) is 0.413. The number of carbonyl (C=O) groups is 3. The molecule has 0 bridgehead atoms. The number of aromatic nitrogens is 5. The van der Waals surface area contributed by atoms with Crippen LogP contribution in [0, 0.1) is 12.8 Å². The fourth-order valence-corrected chi connectivity index (χ4v) is 8.20. The van der Waals surface area contributed by atoms with Crippen molar-refractivity contribution in [1.29, 1.82) is 0 Å². The van der Waals surface area contributed by atoms with Gasteiger partial charge in [0.25, 0.3) is 5.91 Å². The highest BCUT2D eigenvalue weighted by molar-refractivity contribution is 6.05. The summed E-state index contributed by atoms with van der Waals surface area (Å²) in [7, 11) is 0. The highest BCUT2D eigenvalue weighted by Crippen LogP contribution is 2.28. The van der Waals surface area contributed by atoms with Crippen LogP contribution in [0.15, 0.2) is 85.2 Å². The standard InChI is InChI=1S/C46H56N12O3/c1-32-27-35(7-8-36(32)28-48-43(60)41-31-58(53-52-41)46(2,3)4)40-15-19-47-44(50-40)49-37-9-5-33(6-10-37)29-54-23-25-55(26-24-54)30-34-16-20-56(21-17-34)38-11-13-39(14-12-38)57-22-18-42(59)51-45(57)61/h5-15,19,27,31,34H,16-18,20-26,28-30H2,1-4H3,(H,48,60)(H,47,49,50)(H,51,59,61). The van der Waals surface area contributed by atoms with Crippen LogP contribution in [0.3, 0.4) is 0 Å². The Hall–Kier alpha value is -6.19. The van der Waals surface area contributed by atoms with Crippen molar-refractivity contribution in [3.63, 3.8) is 0 Å². The minimum atomic E-state index is -0.346. The molecule has 0 aliphatic carbocycles. The number of carbonyl (C=O) groups excluding carboxylic acids is 3. The van der Waals surface area contributed by atoms with Crippen LogP contribution >= 0.6 is 0 Å². The van der Waals surface area contributed by atoms with Gasteiger partial charge in [0, 0.05) is 101 Å². The number of aryl methyl sites for hydroxylation is 1. The lowest BCUT2D eigenvalue weighted by atomic mass is 9.95. The number of amides is 4. The number of piperazine rings is 1. The highest BCUT2D eigenvalue weighted by atomic mass is 16.2. The number of piperidine rings is 1. The van der Waals surface area contributed by atoms with Gasteiger partial charge in [0.05, 0.1) is 17.4 Å². The van der Waals surface area contributed by atoms with Gasteiger partial charge in [-0.25, -0.2) is 19.4 Å². The first-order valence-electron chi connectivity index (χ1n) is 21.3. The van der Waals surface area contributed by atoms with Crippen molar-refractivity contribution in [2.75, 3.05) is 67.5 Å². The SMILES string of the molecule is Cc1cc(-c2ccnc(Nc3ccc(CN4CCN(CC5CCN(c6ccc(N7CCC(=O)NC7=O)cc6)CC5)CC4)cc3)n2)ccc1CNC(=O)c1cn(C(C)(C)C)nn1. The predicted molar refractivity (Wildman–Crippen MR) is 237 cm³/mol. The molecule has 4 amide bonds. The van der Waals surface area contributed by atoms with Crippen LogP contribution in [-0.4, -0.2) is 105 Å². The first-order chi connectivity index (χ1) is 29.4. The van der Waals surface area contributed by atoms with Crippen molar-refractivity contribution in [3.05, 3.63) is 108 Å². The minimum Gasteiger partial charge on any atom is -0.372 e. The Balaban J connectivity index is 0.755. The summed E-state index contributed by atoms with van der Waals surface area (Å²) in [5.74, 6) is 0.759. The lowest BCUT2D eigenvalue weighted by Gasteiger charge is -2.39. The van der Waals surface area contributed by atoms with E-state index in [-0.39, 0.29) is 23.4 Å². The summed E-state index contributed by atoms with van der Waals surface area (Å²) in [6.45, 7) is 17.3. The number of nitrogens with zero attached hydrogens (tertiary/aromatic N) is 9. The normalized spacial score (nSPS) is 17.0. The van der Waals surface area contributed by atoms with Gasteiger partial charge in [-0.2, -0.15) is 0 Å². The number of hydrogen-bond acceptors (Lipinski definition) is 11. The van der Waals surface area contributed by atoms with Gasteiger partial charge in [0.2, 0.25) is 11.9 Å². The molecule has 8 rings (SSSR count). The van der Waals surface area contributed by atoms with E-state index in [1.165, 1.54) is 24.1 Å². The molecule has 5 heterocycles. The zero-order valence-corrected chi connectivity index (χ0v) is 35.6. The van der Waals surface area contributed by atoms with Crippen LogP contribution in [0.1, 0.15) is 67.2 Å². The van der Waals surface area contributed by atoms with E-state index in [4.69, 9.17) is 4.98 Å². The number of urea groups is 1. The maximum Gasteiger partial charge on any atom is 0.328 e. The fourth-order valence-electron chi connectivity index (χ4n) is 8.20. The van der Waals surface area contributed by atoms with Gasteiger partial charge in [0.1, 0.15) is 0 Å². The van der Waals surface area contributed by atoms with Crippen LogP contribution in [0.2, 0.25) is 0 Å². The molecule has 3 aliphatic heterocycles. The zero-order chi connectivity index (χ0) is 42.5. The molecule has 0 saturated carbocycles. The number of nitrogens with one attached hydrogen (secondary N) is 3. The summed E-state index contributed by atoms with van der Waals surface area (Å²) in [6.07, 6.45) is 6.12. The van der Waals surface area contributed by atoms with Gasteiger partial charge in [-0.05, 0) is 112 Å². The topological polar surface area (TPSA) is 157 Å². The van der Waals surface area contributed by atoms with Gasteiger partial charge in [-0.15, -0.1) is 5.10 Å². The summed E-state index contributed by atoms with van der Waals surface area (Å²) in [6, 6.07) is 24.4. The Morgan fingerprint density at radius 1 is 0.852 bits per heavy atom. The molecule has 2 aromatic heterocycles. The average molecular weight is 825 g/mol. The maximum absolute atomic E-state index is 12.7. The van der Waals surface area contributed by atoms with Crippen molar-refractivity contribution in [1.82, 2.24) is 45.4 Å². The molecule has 0 atom stereocenters. The third-order valence-corrected chi connectivity index (χ3v) is 11.9. The van der Waals surface area contributed by atoms with Gasteiger partial charge in [0.15, 0.2) is 5.69 Å². The molecule has 3 saturated heterocycles. The molecule has 3 fully saturated rings. The third kappa shape index (κ3) is 10.4. The Labute approximate surface area is 357 Å². The summed E-state index contributed by atoms with van der Waals surface area (Å²) < 4.78 is 1.69. The molecule has 5 aromatic rings. The minimum absolute atomic E-state index is 0.215. The molecule has 0 spiro atoms. The summed E-state index contributed by atoms with van der Waals surface area (Å²) in [5.41, 5.74) is 8.11. The van der Waals surface area contributed by atoms with Crippen LogP contribution in [0.5, 0.6) is 0 Å². The Morgan fingerprint density at radius 2 is 1.57 bits per heavy atom. The summed E-state index contributed by atoms with van der Waals surface area (Å²) in [5, 5.41) is 16.9. The third-order valence-electron chi connectivity index (χ3n) is 11.9. The summed E-state index contributed by atoms with van der Waals surface area (Å²) in [4.78, 5) is 55.0. The number of rotatable bonds is 12. The number of anilines is 4. The van der Waals surface area contributed by atoms with E-state index >= 15 is 0 Å². The van der Waals surface area contributed by atoms with Gasteiger partial charge < -0.3 is 20.4 Å². The quantitative estimate of drug-likeness (QED) is 0.137. The van der Waals surface area contributed by atoms with E-state index in [1.807, 2.05) is 58.0 Å². The van der Waals surface area contributed by atoms with Gasteiger partial charge in [-0.3, -0.25) is 24.7 Å². The van der Waals surface area contributed by atoms with Crippen LogP contribution in [-0.2, 0) is 23.4 Å². The van der Waals surface area contributed by atoms with E-state index < -0.39 is 0 Å². The predicted octanol–water partition coefficient (Wildman–Crippen LogP) is 5.95. The smallest absolute Gasteiger partial charge is 0.328 e.